The number of aryl methyl sites for hydroxylation is 1. The van der Waals surface area contributed by atoms with Crippen LogP contribution >= 0.6 is 0 Å². The summed E-state index contributed by atoms with van der Waals surface area (Å²) in [5.74, 6) is 0. The quantitative estimate of drug-likeness (QED) is 0.832. The first kappa shape index (κ1) is 12.5. The normalized spacial score (nSPS) is 11.6. The predicted molar refractivity (Wildman–Crippen MR) is 75.0 cm³/mol. The fraction of sp³-hybridized carbons (Fsp3) is 0.400. The third-order valence-corrected chi connectivity index (χ3v) is 3.32. The summed E-state index contributed by atoms with van der Waals surface area (Å²) in [6, 6.07) is 10.4. The van der Waals surface area contributed by atoms with Gasteiger partial charge in [-0.1, -0.05) is 12.1 Å². The zero-order chi connectivity index (χ0) is 13.2. The topological polar surface area (TPSA) is 54.7 Å². The van der Waals surface area contributed by atoms with E-state index >= 15 is 0 Å². The molecule has 18 heavy (non-hydrogen) atoms. The van der Waals surface area contributed by atoms with Gasteiger partial charge >= 0.3 is 0 Å². The molecule has 0 aliphatic carbocycles. The molecule has 0 aliphatic rings. The molecule has 0 unspecified atom stereocenters. The third-order valence-electron chi connectivity index (χ3n) is 3.32. The van der Waals surface area contributed by atoms with Crippen molar-refractivity contribution in [3.05, 3.63) is 30.5 Å². The Morgan fingerprint density at radius 2 is 2.11 bits per heavy atom. The van der Waals surface area contributed by atoms with Crippen LogP contribution in [0.3, 0.4) is 0 Å². The molecule has 0 radical (unpaired) electrons. The molecule has 0 aliphatic heterocycles. The number of rotatable bonds is 4. The molecule has 0 amide bonds. The van der Waals surface area contributed by atoms with Crippen molar-refractivity contribution < 1.29 is 0 Å². The smallest absolute Gasteiger partial charge is 0.0713 e. The van der Waals surface area contributed by atoms with Crippen molar-refractivity contribution in [2.45, 2.75) is 33.2 Å². The van der Waals surface area contributed by atoms with E-state index in [1.165, 1.54) is 5.39 Å². The first-order valence-electron chi connectivity index (χ1n) is 6.28. The average Bonchev–Trinajstić information content (AvgIpc) is 2.74. The van der Waals surface area contributed by atoms with E-state index in [1.807, 2.05) is 26.0 Å². The fourth-order valence-corrected chi connectivity index (χ4v) is 2.22. The van der Waals surface area contributed by atoms with E-state index in [0.29, 0.717) is 0 Å². The van der Waals surface area contributed by atoms with Gasteiger partial charge in [-0.15, -0.1) is 0 Å². The lowest BCUT2D eigenvalue weighted by Crippen LogP contribution is -2.09. The van der Waals surface area contributed by atoms with E-state index in [9.17, 15) is 0 Å². The molecule has 1 aromatic heterocycles. The maximum absolute atomic E-state index is 8.99. The molecular weight excluding hydrogens is 222 g/mol. The highest BCUT2D eigenvalue weighted by molar-refractivity contribution is 5.90. The Morgan fingerprint density at radius 3 is 2.83 bits per heavy atom. The summed E-state index contributed by atoms with van der Waals surface area (Å²) in [7, 11) is 0. The molecule has 94 valence electrons. The van der Waals surface area contributed by atoms with Crippen LogP contribution in [0.15, 0.2) is 30.5 Å². The van der Waals surface area contributed by atoms with Crippen LogP contribution in [-0.2, 0) is 6.54 Å². The second kappa shape index (κ2) is 4.73. The van der Waals surface area contributed by atoms with Crippen LogP contribution in [0.5, 0.6) is 0 Å². The molecule has 2 rings (SSSR count). The van der Waals surface area contributed by atoms with Crippen LogP contribution in [-0.4, -0.2) is 4.57 Å². The van der Waals surface area contributed by atoms with Crippen LogP contribution in [0.2, 0.25) is 0 Å². The van der Waals surface area contributed by atoms with Crippen molar-refractivity contribution in [2.75, 3.05) is 5.73 Å². The van der Waals surface area contributed by atoms with Gasteiger partial charge in [0.25, 0.3) is 0 Å². The Balaban J connectivity index is 2.12. The Labute approximate surface area is 108 Å². The molecule has 3 nitrogen and oxygen atoms in total. The largest absolute Gasteiger partial charge is 0.397 e. The maximum atomic E-state index is 8.99. The SMILES string of the molecule is CC(C)(C#N)CCCn1ccc2cccc(N)c21. The van der Waals surface area contributed by atoms with Gasteiger partial charge in [-0.25, -0.2) is 0 Å². The highest BCUT2D eigenvalue weighted by Gasteiger charge is 2.15. The number of nitrogen functional groups attached to an aromatic ring is 1. The molecule has 0 spiro atoms. The van der Waals surface area contributed by atoms with Crippen molar-refractivity contribution in [2.24, 2.45) is 5.41 Å². The first-order chi connectivity index (χ1) is 8.53. The van der Waals surface area contributed by atoms with Crippen molar-refractivity contribution >= 4 is 16.6 Å². The summed E-state index contributed by atoms with van der Waals surface area (Å²) in [5.41, 5.74) is 7.69. The molecular formula is C15H19N3. The van der Waals surface area contributed by atoms with E-state index in [1.54, 1.807) is 0 Å². The van der Waals surface area contributed by atoms with Crippen LogP contribution < -0.4 is 5.73 Å². The zero-order valence-electron chi connectivity index (χ0n) is 11.0. The van der Waals surface area contributed by atoms with Gasteiger partial charge in [0.05, 0.1) is 22.7 Å². The second-order valence-electron chi connectivity index (χ2n) is 5.39. The number of nitrogens with two attached hydrogens (primary N) is 1. The van der Waals surface area contributed by atoms with E-state index in [0.717, 1.165) is 30.6 Å². The number of nitrogens with zero attached hydrogens (tertiary/aromatic N) is 2. The third kappa shape index (κ3) is 2.48. The van der Waals surface area contributed by atoms with Crippen molar-refractivity contribution in [3.63, 3.8) is 0 Å². The minimum Gasteiger partial charge on any atom is -0.397 e. The van der Waals surface area contributed by atoms with Gasteiger partial charge in [-0.3, -0.25) is 0 Å². The van der Waals surface area contributed by atoms with Gasteiger partial charge in [0, 0.05) is 18.1 Å². The number of anilines is 1. The Morgan fingerprint density at radius 1 is 1.33 bits per heavy atom. The number of para-hydroxylation sites is 1. The molecule has 0 saturated heterocycles. The molecule has 2 aromatic rings. The van der Waals surface area contributed by atoms with Gasteiger partial charge in [-0.2, -0.15) is 5.26 Å². The van der Waals surface area contributed by atoms with Crippen molar-refractivity contribution in [1.29, 1.82) is 5.26 Å². The lowest BCUT2D eigenvalue weighted by molar-refractivity contribution is 0.418. The van der Waals surface area contributed by atoms with Crippen LogP contribution in [0.1, 0.15) is 26.7 Å². The van der Waals surface area contributed by atoms with Gasteiger partial charge < -0.3 is 10.3 Å². The standard InChI is InChI=1S/C15H19N3/c1-15(2,11-16)8-4-9-18-10-7-12-5-3-6-13(17)14(12)18/h3,5-7,10H,4,8-9,17H2,1-2H3. The summed E-state index contributed by atoms with van der Waals surface area (Å²) in [5, 5.41) is 10.2. The van der Waals surface area contributed by atoms with Crippen LogP contribution in [0.4, 0.5) is 5.69 Å². The zero-order valence-corrected chi connectivity index (χ0v) is 11.0. The highest BCUT2D eigenvalue weighted by Crippen LogP contribution is 2.25. The van der Waals surface area contributed by atoms with Crippen LogP contribution in [0, 0.1) is 16.7 Å². The highest BCUT2D eigenvalue weighted by atomic mass is 15.0. The number of hydrogen-bond acceptors (Lipinski definition) is 2. The molecule has 0 saturated carbocycles. The molecule has 0 bridgehead atoms. The van der Waals surface area contributed by atoms with E-state index in [-0.39, 0.29) is 5.41 Å². The Kier molecular flexibility index (Phi) is 3.29. The predicted octanol–water partition coefficient (Wildman–Crippen LogP) is 3.55. The summed E-state index contributed by atoms with van der Waals surface area (Å²) in [4.78, 5) is 0. The monoisotopic (exact) mass is 241 g/mol. The number of fused-ring (bicyclic) bond motifs is 1. The molecule has 1 heterocycles. The van der Waals surface area contributed by atoms with Crippen LogP contribution in [0.25, 0.3) is 10.9 Å². The Bertz CT molecular complexity index is 587. The molecule has 2 N–H and O–H groups in total. The number of nitriles is 1. The maximum Gasteiger partial charge on any atom is 0.0713 e. The molecule has 0 fully saturated rings. The fourth-order valence-electron chi connectivity index (χ4n) is 2.22. The number of benzene rings is 1. The van der Waals surface area contributed by atoms with Gasteiger partial charge in [0.2, 0.25) is 0 Å². The van der Waals surface area contributed by atoms with E-state index in [4.69, 9.17) is 11.0 Å². The van der Waals surface area contributed by atoms with Gasteiger partial charge in [-0.05, 0) is 38.8 Å². The summed E-state index contributed by atoms with van der Waals surface area (Å²) in [6.07, 6.45) is 3.95. The van der Waals surface area contributed by atoms with Crippen molar-refractivity contribution in [3.8, 4) is 6.07 Å². The second-order valence-corrected chi connectivity index (χ2v) is 5.39. The first-order valence-corrected chi connectivity index (χ1v) is 6.28. The number of aromatic nitrogens is 1. The lowest BCUT2D eigenvalue weighted by Gasteiger charge is -2.15. The molecule has 0 atom stereocenters. The molecule has 3 heteroatoms. The molecule has 1 aromatic carbocycles. The van der Waals surface area contributed by atoms with E-state index in [2.05, 4.69) is 29.0 Å². The Hall–Kier alpha value is -1.95. The van der Waals surface area contributed by atoms with Gasteiger partial charge in [0.1, 0.15) is 0 Å². The summed E-state index contributed by atoms with van der Waals surface area (Å²) in [6.45, 7) is 4.87. The lowest BCUT2D eigenvalue weighted by atomic mass is 9.90. The average molecular weight is 241 g/mol. The van der Waals surface area contributed by atoms with E-state index < -0.39 is 0 Å². The van der Waals surface area contributed by atoms with Crippen molar-refractivity contribution in [1.82, 2.24) is 4.57 Å². The minimum absolute atomic E-state index is 0.242. The van der Waals surface area contributed by atoms with Gasteiger partial charge in [0.15, 0.2) is 0 Å². The summed E-state index contributed by atoms with van der Waals surface area (Å²) >= 11 is 0. The number of hydrogen-bond donors (Lipinski definition) is 1. The summed E-state index contributed by atoms with van der Waals surface area (Å²) < 4.78 is 2.18. The minimum atomic E-state index is -0.242.